The summed E-state index contributed by atoms with van der Waals surface area (Å²) in [7, 11) is 0. The lowest BCUT2D eigenvalue weighted by atomic mass is 9.88. The molecular weight excluding hydrogens is 252 g/mol. The first-order valence-corrected chi connectivity index (χ1v) is 7.90. The maximum absolute atomic E-state index is 4.47. The van der Waals surface area contributed by atoms with E-state index in [0.29, 0.717) is 6.04 Å². The lowest BCUT2D eigenvalue weighted by Crippen LogP contribution is -2.34. The van der Waals surface area contributed by atoms with E-state index < -0.39 is 0 Å². The summed E-state index contributed by atoms with van der Waals surface area (Å²) in [5.41, 5.74) is 3.04. The van der Waals surface area contributed by atoms with E-state index in [1.807, 2.05) is 17.5 Å². The summed E-state index contributed by atoms with van der Waals surface area (Å²) < 4.78 is 0. The second-order valence-corrected chi connectivity index (χ2v) is 6.36. The number of rotatable bonds is 4. The molecule has 2 aromatic rings. The molecule has 19 heavy (non-hydrogen) atoms. The van der Waals surface area contributed by atoms with Crippen LogP contribution in [0.15, 0.2) is 30.5 Å². The van der Waals surface area contributed by atoms with E-state index in [4.69, 9.17) is 0 Å². The minimum atomic E-state index is 0.601. The number of thiazole rings is 1. The maximum atomic E-state index is 4.47. The quantitative estimate of drug-likeness (QED) is 0.923. The smallest absolute Gasteiger partial charge is 0.107 e. The van der Waals surface area contributed by atoms with Gasteiger partial charge in [0.05, 0.1) is 0 Å². The number of benzene rings is 1. The van der Waals surface area contributed by atoms with Crippen molar-refractivity contribution in [2.24, 2.45) is 0 Å². The lowest BCUT2D eigenvalue weighted by molar-refractivity contribution is 0.457. The van der Waals surface area contributed by atoms with Gasteiger partial charge in [-0.05, 0) is 36.8 Å². The van der Waals surface area contributed by atoms with Crippen LogP contribution in [0.1, 0.15) is 34.4 Å². The molecule has 1 aromatic carbocycles. The predicted molar refractivity (Wildman–Crippen MR) is 80.6 cm³/mol. The third kappa shape index (κ3) is 3.04. The van der Waals surface area contributed by atoms with Gasteiger partial charge < -0.3 is 5.32 Å². The fourth-order valence-corrected chi connectivity index (χ4v) is 3.51. The first-order valence-electron chi connectivity index (χ1n) is 7.09. The van der Waals surface area contributed by atoms with E-state index >= 15 is 0 Å². The van der Waals surface area contributed by atoms with Crippen LogP contribution in [0.2, 0.25) is 0 Å². The number of hydrogen-bond donors (Lipinski definition) is 1. The molecule has 0 fully saturated rings. The lowest BCUT2D eigenvalue weighted by Gasteiger charge is -2.25. The highest BCUT2D eigenvalue weighted by molar-refractivity contribution is 7.11. The Balaban J connectivity index is 1.57. The van der Waals surface area contributed by atoms with Crippen molar-refractivity contribution in [3.05, 3.63) is 51.5 Å². The molecule has 3 rings (SSSR count). The van der Waals surface area contributed by atoms with Crippen LogP contribution in [0.25, 0.3) is 0 Å². The van der Waals surface area contributed by atoms with Crippen molar-refractivity contribution in [1.29, 1.82) is 0 Å². The van der Waals surface area contributed by atoms with Gasteiger partial charge in [-0.2, -0.15) is 0 Å². The average molecular weight is 272 g/mol. The summed E-state index contributed by atoms with van der Waals surface area (Å²) in [4.78, 5) is 5.85. The normalized spacial score (nSPS) is 18.3. The van der Waals surface area contributed by atoms with Crippen LogP contribution in [0, 0.1) is 0 Å². The van der Waals surface area contributed by atoms with Gasteiger partial charge in [0.15, 0.2) is 0 Å². The molecule has 0 saturated carbocycles. The Morgan fingerprint density at radius 3 is 2.95 bits per heavy atom. The van der Waals surface area contributed by atoms with E-state index in [1.54, 1.807) is 0 Å². The molecule has 0 radical (unpaired) electrons. The molecular formula is C16H20N2S. The molecule has 1 N–H and O–H groups in total. The molecule has 0 spiro atoms. The van der Waals surface area contributed by atoms with Crippen molar-refractivity contribution in [2.45, 2.75) is 45.2 Å². The molecule has 0 bridgehead atoms. The fourth-order valence-electron chi connectivity index (χ4n) is 2.70. The van der Waals surface area contributed by atoms with Gasteiger partial charge >= 0.3 is 0 Å². The highest BCUT2D eigenvalue weighted by Crippen LogP contribution is 2.21. The molecule has 100 valence electrons. The monoisotopic (exact) mass is 272 g/mol. The number of aryl methyl sites for hydroxylation is 2. The predicted octanol–water partition coefficient (Wildman–Crippen LogP) is 3.35. The number of fused-ring (bicyclic) bond motifs is 1. The zero-order valence-corrected chi connectivity index (χ0v) is 12.2. The number of aromatic nitrogens is 1. The summed E-state index contributed by atoms with van der Waals surface area (Å²) in [6.45, 7) is 3.10. The molecule has 1 unspecified atom stereocenters. The van der Waals surface area contributed by atoms with E-state index in [9.17, 15) is 0 Å². The summed E-state index contributed by atoms with van der Waals surface area (Å²) in [5, 5.41) is 4.88. The average Bonchev–Trinajstić information content (AvgIpc) is 2.93. The second kappa shape index (κ2) is 5.85. The highest BCUT2D eigenvalue weighted by Gasteiger charge is 2.17. The van der Waals surface area contributed by atoms with Gasteiger partial charge in [0, 0.05) is 23.7 Å². The van der Waals surface area contributed by atoms with Gasteiger partial charge in [0.1, 0.15) is 5.01 Å². The van der Waals surface area contributed by atoms with Gasteiger partial charge in [-0.25, -0.2) is 4.98 Å². The summed E-state index contributed by atoms with van der Waals surface area (Å²) in [5.74, 6) is 0. The number of nitrogens with one attached hydrogen (secondary N) is 1. The fraction of sp³-hybridized carbons (Fsp3) is 0.438. The molecule has 0 amide bonds. The van der Waals surface area contributed by atoms with Gasteiger partial charge in [-0.1, -0.05) is 31.2 Å². The number of nitrogens with zero attached hydrogens (tertiary/aromatic N) is 1. The van der Waals surface area contributed by atoms with Gasteiger partial charge in [-0.15, -0.1) is 11.3 Å². The zero-order chi connectivity index (χ0) is 13.1. The Bertz CT molecular complexity index is 547. The molecule has 1 heterocycles. The minimum Gasteiger partial charge on any atom is -0.307 e. The topological polar surface area (TPSA) is 24.9 Å². The molecule has 1 aromatic heterocycles. The van der Waals surface area contributed by atoms with Crippen molar-refractivity contribution in [1.82, 2.24) is 10.3 Å². The summed E-state index contributed by atoms with van der Waals surface area (Å²) >= 11 is 1.83. The van der Waals surface area contributed by atoms with Crippen molar-refractivity contribution in [3.63, 3.8) is 0 Å². The van der Waals surface area contributed by atoms with Gasteiger partial charge in [0.25, 0.3) is 0 Å². The molecule has 3 heteroatoms. The van der Waals surface area contributed by atoms with Crippen LogP contribution in [-0.2, 0) is 25.8 Å². The Labute approximate surface area is 118 Å². The first kappa shape index (κ1) is 12.8. The Hall–Kier alpha value is -1.19. The molecule has 1 aliphatic rings. The molecule has 0 saturated heterocycles. The molecule has 0 aliphatic heterocycles. The highest BCUT2D eigenvalue weighted by atomic mass is 32.1. The van der Waals surface area contributed by atoms with Crippen LogP contribution in [-0.4, -0.2) is 11.0 Å². The van der Waals surface area contributed by atoms with Crippen LogP contribution in [0.4, 0.5) is 0 Å². The van der Waals surface area contributed by atoms with Crippen LogP contribution in [0.3, 0.4) is 0 Å². The third-order valence-electron chi connectivity index (χ3n) is 3.84. The van der Waals surface area contributed by atoms with Gasteiger partial charge in [-0.3, -0.25) is 0 Å². The number of hydrogen-bond acceptors (Lipinski definition) is 3. The van der Waals surface area contributed by atoms with Crippen molar-refractivity contribution in [2.75, 3.05) is 0 Å². The Kier molecular flexibility index (Phi) is 3.95. The zero-order valence-electron chi connectivity index (χ0n) is 11.4. The van der Waals surface area contributed by atoms with Crippen LogP contribution >= 0.6 is 11.3 Å². The van der Waals surface area contributed by atoms with E-state index in [0.717, 1.165) is 19.4 Å². The van der Waals surface area contributed by atoms with Crippen LogP contribution in [0.5, 0.6) is 0 Å². The standard InChI is InChI=1S/C16H20N2S/c1-2-15-10-18-16(19-15)11-17-14-8-7-12-5-3-4-6-13(12)9-14/h3-6,10,14,17H,2,7-9,11H2,1H3. The van der Waals surface area contributed by atoms with Gasteiger partial charge in [0.2, 0.25) is 0 Å². The van der Waals surface area contributed by atoms with E-state index in [-0.39, 0.29) is 0 Å². The van der Waals surface area contributed by atoms with Crippen molar-refractivity contribution < 1.29 is 0 Å². The van der Waals surface area contributed by atoms with Crippen LogP contribution < -0.4 is 5.32 Å². The third-order valence-corrected chi connectivity index (χ3v) is 4.98. The molecule has 1 aliphatic carbocycles. The largest absolute Gasteiger partial charge is 0.307 e. The summed E-state index contributed by atoms with van der Waals surface area (Å²) in [6.07, 6.45) is 6.70. The Morgan fingerprint density at radius 1 is 1.32 bits per heavy atom. The summed E-state index contributed by atoms with van der Waals surface area (Å²) in [6, 6.07) is 9.43. The first-order chi connectivity index (χ1) is 9.35. The Morgan fingerprint density at radius 2 is 2.16 bits per heavy atom. The van der Waals surface area contributed by atoms with Crippen molar-refractivity contribution >= 4 is 11.3 Å². The SMILES string of the molecule is CCc1cnc(CNC2CCc3ccccc3C2)s1. The second-order valence-electron chi connectivity index (χ2n) is 5.16. The molecule has 1 atom stereocenters. The molecule has 2 nitrogen and oxygen atoms in total. The maximum Gasteiger partial charge on any atom is 0.107 e. The van der Waals surface area contributed by atoms with Crippen molar-refractivity contribution in [3.8, 4) is 0 Å². The van der Waals surface area contributed by atoms with E-state index in [1.165, 1.54) is 33.9 Å². The minimum absolute atomic E-state index is 0.601. The van der Waals surface area contributed by atoms with E-state index in [2.05, 4.69) is 41.5 Å².